The van der Waals surface area contributed by atoms with Crippen LogP contribution in [0.5, 0.6) is 0 Å². The average molecular weight is 350 g/mol. The minimum absolute atomic E-state index is 0.111. The van der Waals surface area contributed by atoms with Gasteiger partial charge in [0.05, 0.1) is 19.3 Å². The van der Waals surface area contributed by atoms with Crippen molar-refractivity contribution >= 4 is 20.5 Å². The third kappa shape index (κ3) is 6.13. The maximum Gasteiger partial charge on any atom is 0.407 e. The van der Waals surface area contributed by atoms with Crippen molar-refractivity contribution in [2.75, 3.05) is 7.11 Å². The zero-order chi connectivity index (χ0) is 18.4. The summed E-state index contributed by atoms with van der Waals surface area (Å²) in [6.07, 6.45) is 3.35. The van der Waals surface area contributed by atoms with Gasteiger partial charge in [-0.15, -0.1) is 0 Å². The van der Waals surface area contributed by atoms with Crippen molar-refractivity contribution in [3.8, 4) is 0 Å². The fraction of sp³-hybridized carbons (Fsp3) is 0.526. The van der Waals surface area contributed by atoms with Gasteiger partial charge in [0.2, 0.25) is 0 Å². The quantitative estimate of drug-likeness (QED) is 0.748. The molecule has 0 fully saturated rings. The molecule has 134 valence electrons. The molecule has 0 unspecified atom stereocenters. The Kier molecular flexibility index (Phi) is 7.23. The number of benzene rings is 1. The van der Waals surface area contributed by atoms with Gasteiger partial charge in [0.1, 0.15) is 0 Å². The first kappa shape index (κ1) is 20.5. The van der Waals surface area contributed by atoms with Gasteiger partial charge >= 0.3 is 6.09 Å². The molecule has 0 saturated heterocycles. The highest BCUT2D eigenvalue weighted by atomic mass is 28.4. The van der Waals surface area contributed by atoms with Gasteiger partial charge in [-0.05, 0) is 30.6 Å². The van der Waals surface area contributed by atoms with E-state index in [0.29, 0.717) is 0 Å². The number of hydrogen-bond acceptors (Lipinski definition) is 3. The molecule has 2 atom stereocenters. The van der Waals surface area contributed by atoms with Crippen molar-refractivity contribution < 1.29 is 14.0 Å². The van der Waals surface area contributed by atoms with Crippen molar-refractivity contribution in [2.45, 2.75) is 58.0 Å². The molecule has 1 aromatic carbocycles. The van der Waals surface area contributed by atoms with Crippen molar-refractivity contribution in [2.24, 2.45) is 0 Å². The van der Waals surface area contributed by atoms with Crippen LogP contribution in [0.4, 0.5) is 4.79 Å². The number of ether oxygens (including phenoxy) is 1. The van der Waals surface area contributed by atoms with Gasteiger partial charge in [0.25, 0.3) is 0 Å². The maximum absolute atomic E-state index is 11.7. The Balaban J connectivity index is 2.92. The number of hydrogen-bond donors (Lipinski definition) is 1. The highest BCUT2D eigenvalue weighted by Crippen LogP contribution is 2.37. The predicted molar refractivity (Wildman–Crippen MR) is 103 cm³/mol. The van der Waals surface area contributed by atoms with E-state index in [9.17, 15) is 4.79 Å². The lowest BCUT2D eigenvalue weighted by Gasteiger charge is -2.40. The van der Waals surface area contributed by atoms with Gasteiger partial charge in [-0.1, -0.05) is 63.3 Å². The average Bonchev–Trinajstić information content (AvgIpc) is 2.50. The van der Waals surface area contributed by atoms with E-state index in [1.165, 1.54) is 7.11 Å². The van der Waals surface area contributed by atoms with E-state index in [4.69, 9.17) is 9.16 Å². The van der Waals surface area contributed by atoms with Gasteiger partial charge < -0.3 is 14.5 Å². The molecule has 0 aromatic heterocycles. The van der Waals surface area contributed by atoms with E-state index in [1.807, 2.05) is 49.4 Å². The van der Waals surface area contributed by atoms with Crippen LogP contribution in [-0.2, 0) is 9.16 Å². The van der Waals surface area contributed by atoms with Crippen LogP contribution in [0.3, 0.4) is 0 Å². The molecule has 0 aliphatic heterocycles. The molecule has 0 aliphatic rings. The molecule has 0 saturated carbocycles. The SMILES string of the molecule is COC(=O)N[C@@H](/C=C/c1ccccc1)[C@H](C)O[Si](C)(C)C(C)(C)C. The second-order valence-electron chi connectivity index (χ2n) is 7.51. The minimum Gasteiger partial charge on any atom is -0.453 e. The lowest BCUT2D eigenvalue weighted by molar-refractivity contribution is 0.142. The van der Waals surface area contributed by atoms with Crippen molar-refractivity contribution in [3.63, 3.8) is 0 Å². The second kappa shape index (κ2) is 8.49. The molecular weight excluding hydrogens is 318 g/mol. The third-order valence-corrected chi connectivity index (χ3v) is 9.13. The monoisotopic (exact) mass is 349 g/mol. The van der Waals surface area contributed by atoms with E-state index >= 15 is 0 Å². The first-order valence-electron chi connectivity index (χ1n) is 8.32. The summed E-state index contributed by atoms with van der Waals surface area (Å²) in [4.78, 5) is 11.7. The number of carbonyl (C=O) groups excluding carboxylic acids is 1. The summed E-state index contributed by atoms with van der Waals surface area (Å²) in [5.74, 6) is 0. The van der Waals surface area contributed by atoms with Crippen molar-refractivity contribution in [1.82, 2.24) is 5.32 Å². The van der Waals surface area contributed by atoms with Crippen LogP contribution in [0, 0.1) is 0 Å². The smallest absolute Gasteiger partial charge is 0.407 e. The molecule has 1 aromatic rings. The first-order valence-corrected chi connectivity index (χ1v) is 11.2. The Bertz CT molecular complexity index is 549. The van der Waals surface area contributed by atoms with Gasteiger partial charge in [0, 0.05) is 0 Å². The normalized spacial score (nSPS) is 15.1. The second-order valence-corrected chi connectivity index (χ2v) is 12.3. The topological polar surface area (TPSA) is 47.6 Å². The van der Waals surface area contributed by atoms with Crippen molar-refractivity contribution in [3.05, 3.63) is 42.0 Å². The number of alkyl carbamates (subject to hydrolysis) is 1. The Hall–Kier alpha value is -1.59. The Morgan fingerprint density at radius 2 is 1.79 bits per heavy atom. The Morgan fingerprint density at radius 1 is 1.21 bits per heavy atom. The van der Waals surface area contributed by atoms with E-state index in [-0.39, 0.29) is 17.2 Å². The summed E-state index contributed by atoms with van der Waals surface area (Å²) in [7, 11) is -0.559. The molecule has 4 nitrogen and oxygen atoms in total. The van der Waals surface area contributed by atoms with E-state index in [2.05, 4.69) is 39.2 Å². The van der Waals surface area contributed by atoms with Crippen molar-refractivity contribution in [1.29, 1.82) is 0 Å². The van der Waals surface area contributed by atoms with Gasteiger partial charge in [-0.2, -0.15) is 0 Å². The summed E-state index contributed by atoms with van der Waals surface area (Å²) >= 11 is 0. The lowest BCUT2D eigenvalue weighted by Crippen LogP contribution is -2.50. The van der Waals surface area contributed by atoms with Crippen LogP contribution in [0.15, 0.2) is 36.4 Å². The zero-order valence-electron chi connectivity index (χ0n) is 15.9. The number of nitrogens with one attached hydrogen (secondary N) is 1. The molecule has 0 aliphatic carbocycles. The lowest BCUT2D eigenvalue weighted by atomic mass is 10.1. The number of rotatable bonds is 6. The molecule has 24 heavy (non-hydrogen) atoms. The number of carbonyl (C=O) groups is 1. The maximum atomic E-state index is 11.7. The Morgan fingerprint density at radius 3 is 2.29 bits per heavy atom. The molecule has 1 N–H and O–H groups in total. The highest BCUT2D eigenvalue weighted by Gasteiger charge is 2.39. The highest BCUT2D eigenvalue weighted by molar-refractivity contribution is 6.74. The first-order chi connectivity index (χ1) is 11.1. The molecule has 0 bridgehead atoms. The largest absolute Gasteiger partial charge is 0.453 e. The van der Waals surface area contributed by atoms with Gasteiger partial charge in [0.15, 0.2) is 8.32 Å². The van der Waals surface area contributed by atoms with Gasteiger partial charge in [-0.25, -0.2) is 4.79 Å². The number of amides is 1. The fourth-order valence-electron chi connectivity index (χ4n) is 2.01. The molecule has 0 radical (unpaired) electrons. The Labute approximate surface area is 147 Å². The summed E-state index contributed by atoms with van der Waals surface area (Å²) in [5.41, 5.74) is 1.08. The van der Waals surface area contributed by atoms with E-state index < -0.39 is 14.4 Å². The van der Waals surface area contributed by atoms with E-state index in [1.54, 1.807) is 0 Å². The zero-order valence-corrected chi connectivity index (χ0v) is 16.9. The summed E-state index contributed by atoms with van der Waals surface area (Å²) in [5, 5.41) is 2.97. The summed E-state index contributed by atoms with van der Waals surface area (Å²) < 4.78 is 11.2. The molecule has 1 amide bonds. The molecular formula is C19H31NO3Si. The van der Waals surface area contributed by atoms with Crippen LogP contribution >= 0.6 is 0 Å². The van der Waals surface area contributed by atoms with Gasteiger partial charge in [-0.3, -0.25) is 0 Å². The van der Waals surface area contributed by atoms with Crippen LogP contribution in [-0.4, -0.2) is 33.7 Å². The third-order valence-electron chi connectivity index (χ3n) is 4.56. The molecule has 0 heterocycles. The molecule has 0 spiro atoms. The van der Waals surface area contributed by atoms with Crippen LogP contribution < -0.4 is 5.32 Å². The van der Waals surface area contributed by atoms with Crippen LogP contribution in [0.25, 0.3) is 6.08 Å². The summed E-state index contributed by atoms with van der Waals surface area (Å²) in [6.45, 7) is 13.0. The summed E-state index contributed by atoms with van der Waals surface area (Å²) in [6, 6.07) is 9.73. The minimum atomic E-state index is -1.93. The van der Waals surface area contributed by atoms with Crippen LogP contribution in [0.2, 0.25) is 18.1 Å². The predicted octanol–water partition coefficient (Wildman–Crippen LogP) is 4.83. The molecule has 5 heteroatoms. The standard InChI is InChI=1S/C19H31NO3Si/c1-15(23-24(6,7)19(2,3)4)17(20-18(21)22-5)14-13-16-11-9-8-10-12-16/h8-15,17H,1-7H3,(H,20,21)/b14-13+/t15-,17-/m0/s1. The molecule has 1 rings (SSSR count). The van der Waals surface area contributed by atoms with E-state index in [0.717, 1.165) is 5.56 Å². The fourth-order valence-corrected chi connectivity index (χ4v) is 3.44. The number of methoxy groups -OCH3 is 1. The van der Waals surface area contributed by atoms with Crippen LogP contribution in [0.1, 0.15) is 33.3 Å².